The first-order valence-electron chi connectivity index (χ1n) is 8.75. The van der Waals surface area contributed by atoms with Gasteiger partial charge in [-0.2, -0.15) is 5.10 Å². The largest absolute Gasteiger partial charge is 0.338 e. The lowest BCUT2D eigenvalue weighted by atomic mass is 10.1. The van der Waals surface area contributed by atoms with E-state index in [0.717, 1.165) is 28.2 Å². The van der Waals surface area contributed by atoms with Gasteiger partial charge in [0.1, 0.15) is 5.82 Å². The third-order valence-electron chi connectivity index (χ3n) is 4.45. The molecule has 0 aliphatic carbocycles. The van der Waals surface area contributed by atoms with Crippen molar-refractivity contribution >= 4 is 12.0 Å². The van der Waals surface area contributed by atoms with Crippen LogP contribution in [0, 0.1) is 19.7 Å². The molecule has 0 fully saturated rings. The number of hydrogen-bond acceptors (Lipinski definition) is 2. The number of para-hydroxylation sites is 1. The molecule has 0 spiro atoms. The molecule has 3 rings (SSSR count). The van der Waals surface area contributed by atoms with Gasteiger partial charge in [0.05, 0.1) is 11.4 Å². The van der Waals surface area contributed by atoms with E-state index in [0.29, 0.717) is 6.54 Å². The van der Waals surface area contributed by atoms with E-state index >= 15 is 0 Å². The second-order valence-corrected chi connectivity index (χ2v) is 6.49. The van der Waals surface area contributed by atoms with Crippen LogP contribution in [0.15, 0.2) is 60.7 Å². The molecule has 138 valence electrons. The molecule has 0 aliphatic heterocycles. The van der Waals surface area contributed by atoms with Crippen LogP contribution in [-0.4, -0.2) is 27.6 Å². The Morgan fingerprint density at radius 1 is 1.11 bits per heavy atom. The van der Waals surface area contributed by atoms with Gasteiger partial charge in [-0.1, -0.05) is 30.3 Å². The molecule has 0 saturated heterocycles. The van der Waals surface area contributed by atoms with Crippen LogP contribution in [0.25, 0.3) is 11.8 Å². The van der Waals surface area contributed by atoms with Crippen LogP contribution < -0.4 is 0 Å². The Hall–Kier alpha value is -3.21. The highest BCUT2D eigenvalue weighted by atomic mass is 19.1. The molecule has 27 heavy (non-hydrogen) atoms. The van der Waals surface area contributed by atoms with Crippen LogP contribution in [0.5, 0.6) is 0 Å². The summed E-state index contributed by atoms with van der Waals surface area (Å²) in [6.45, 7) is 4.34. The first kappa shape index (κ1) is 18.6. The zero-order valence-electron chi connectivity index (χ0n) is 15.7. The fourth-order valence-electron chi connectivity index (χ4n) is 2.94. The van der Waals surface area contributed by atoms with E-state index in [2.05, 4.69) is 5.10 Å². The molecule has 4 nitrogen and oxygen atoms in total. The van der Waals surface area contributed by atoms with Crippen LogP contribution in [0.1, 0.15) is 22.5 Å². The fourth-order valence-corrected chi connectivity index (χ4v) is 2.94. The van der Waals surface area contributed by atoms with Crippen molar-refractivity contribution in [2.75, 3.05) is 7.05 Å². The minimum absolute atomic E-state index is 0.120. The molecule has 0 N–H and O–H groups in total. The number of aromatic nitrogens is 2. The molecule has 0 aliphatic rings. The lowest BCUT2D eigenvalue weighted by Gasteiger charge is -2.15. The Kier molecular flexibility index (Phi) is 5.50. The lowest BCUT2D eigenvalue weighted by Crippen LogP contribution is -2.24. The maximum absolute atomic E-state index is 13.0. The van der Waals surface area contributed by atoms with Crippen LogP contribution in [0.4, 0.5) is 4.39 Å². The average Bonchev–Trinajstić information content (AvgIpc) is 2.96. The number of benzene rings is 2. The number of amides is 1. The molecule has 0 radical (unpaired) electrons. The van der Waals surface area contributed by atoms with Crippen molar-refractivity contribution < 1.29 is 9.18 Å². The Morgan fingerprint density at radius 2 is 1.78 bits per heavy atom. The van der Waals surface area contributed by atoms with Crippen molar-refractivity contribution in [1.29, 1.82) is 0 Å². The molecule has 1 amide bonds. The second-order valence-electron chi connectivity index (χ2n) is 6.49. The van der Waals surface area contributed by atoms with Crippen LogP contribution in [0.2, 0.25) is 0 Å². The third kappa shape index (κ3) is 4.31. The molecular formula is C22H22FN3O. The van der Waals surface area contributed by atoms with Crippen molar-refractivity contribution in [3.8, 4) is 5.69 Å². The monoisotopic (exact) mass is 363 g/mol. The predicted octanol–water partition coefficient (Wildman–Crippen LogP) is 4.30. The highest BCUT2D eigenvalue weighted by Crippen LogP contribution is 2.19. The van der Waals surface area contributed by atoms with E-state index in [1.165, 1.54) is 12.1 Å². The van der Waals surface area contributed by atoms with Crippen LogP contribution in [0.3, 0.4) is 0 Å². The summed E-state index contributed by atoms with van der Waals surface area (Å²) in [5.74, 6) is -0.403. The van der Waals surface area contributed by atoms with Gasteiger partial charge < -0.3 is 4.90 Å². The summed E-state index contributed by atoms with van der Waals surface area (Å²) in [5, 5.41) is 4.58. The maximum Gasteiger partial charge on any atom is 0.246 e. The van der Waals surface area contributed by atoms with Crippen molar-refractivity contribution in [2.45, 2.75) is 20.4 Å². The summed E-state index contributed by atoms with van der Waals surface area (Å²) in [7, 11) is 1.73. The molecule has 2 aromatic carbocycles. The minimum Gasteiger partial charge on any atom is -0.338 e. The molecule has 1 aromatic heterocycles. The number of aryl methyl sites for hydroxylation is 1. The van der Waals surface area contributed by atoms with Gasteiger partial charge in [-0.05, 0) is 49.8 Å². The first-order valence-corrected chi connectivity index (χ1v) is 8.75. The number of hydrogen-bond donors (Lipinski definition) is 0. The maximum atomic E-state index is 13.0. The quantitative estimate of drug-likeness (QED) is 0.634. The fraction of sp³-hybridized carbons (Fsp3) is 0.182. The lowest BCUT2D eigenvalue weighted by molar-refractivity contribution is -0.125. The molecule has 0 atom stereocenters. The Morgan fingerprint density at radius 3 is 2.44 bits per heavy atom. The first-order chi connectivity index (χ1) is 13.0. The Labute approximate surface area is 158 Å². The number of nitrogens with zero attached hydrogens (tertiary/aromatic N) is 3. The molecule has 1 heterocycles. The summed E-state index contributed by atoms with van der Waals surface area (Å²) in [6, 6.07) is 16.0. The normalized spacial score (nSPS) is 11.1. The third-order valence-corrected chi connectivity index (χ3v) is 4.45. The van der Waals surface area contributed by atoms with Gasteiger partial charge in [0.15, 0.2) is 0 Å². The molecule has 0 bridgehead atoms. The topological polar surface area (TPSA) is 38.1 Å². The number of rotatable bonds is 5. The summed E-state index contributed by atoms with van der Waals surface area (Å²) in [6.07, 6.45) is 3.36. The summed E-state index contributed by atoms with van der Waals surface area (Å²) >= 11 is 0. The predicted molar refractivity (Wildman–Crippen MR) is 105 cm³/mol. The van der Waals surface area contributed by atoms with Crippen molar-refractivity contribution in [3.05, 3.63) is 89.0 Å². The van der Waals surface area contributed by atoms with Gasteiger partial charge in [-0.3, -0.25) is 4.79 Å². The highest BCUT2D eigenvalue weighted by molar-refractivity contribution is 5.91. The van der Waals surface area contributed by atoms with E-state index in [9.17, 15) is 9.18 Å². The molecule has 0 unspecified atom stereocenters. The average molecular weight is 363 g/mol. The van der Waals surface area contributed by atoms with E-state index in [1.54, 1.807) is 36.2 Å². The van der Waals surface area contributed by atoms with Crippen LogP contribution >= 0.6 is 0 Å². The summed E-state index contributed by atoms with van der Waals surface area (Å²) < 4.78 is 14.9. The molecule has 0 saturated carbocycles. The van der Waals surface area contributed by atoms with Crippen molar-refractivity contribution in [1.82, 2.24) is 14.7 Å². The number of halogens is 1. The van der Waals surface area contributed by atoms with Gasteiger partial charge in [0.2, 0.25) is 5.91 Å². The van der Waals surface area contributed by atoms with Crippen molar-refractivity contribution in [2.24, 2.45) is 0 Å². The molecule has 3 aromatic rings. The van der Waals surface area contributed by atoms with E-state index < -0.39 is 0 Å². The SMILES string of the molecule is Cc1nn(-c2ccccc2)c(C)c1C=CC(=O)N(C)Cc1ccc(F)cc1. The van der Waals surface area contributed by atoms with Gasteiger partial charge in [-0.25, -0.2) is 9.07 Å². The highest BCUT2D eigenvalue weighted by Gasteiger charge is 2.12. The number of carbonyl (C=O) groups excluding carboxylic acids is 1. The van der Waals surface area contributed by atoms with E-state index in [-0.39, 0.29) is 11.7 Å². The van der Waals surface area contributed by atoms with E-state index in [4.69, 9.17) is 0 Å². The number of likely N-dealkylation sites (N-methyl/N-ethyl adjacent to an activating group) is 1. The summed E-state index contributed by atoms with van der Waals surface area (Å²) in [5.41, 5.74) is 4.63. The molecule has 5 heteroatoms. The second kappa shape index (κ2) is 7.99. The summed E-state index contributed by atoms with van der Waals surface area (Å²) in [4.78, 5) is 14.0. The Balaban J connectivity index is 1.74. The van der Waals surface area contributed by atoms with Gasteiger partial charge in [0, 0.05) is 30.9 Å². The van der Waals surface area contributed by atoms with Gasteiger partial charge >= 0.3 is 0 Å². The van der Waals surface area contributed by atoms with Gasteiger partial charge in [0.25, 0.3) is 0 Å². The smallest absolute Gasteiger partial charge is 0.246 e. The van der Waals surface area contributed by atoms with Crippen LogP contribution in [-0.2, 0) is 11.3 Å². The Bertz CT molecular complexity index is 959. The number of carbonyl (C=O) groups is 1. The zero-order chi connectivity index (χ0) is 19.4. The zero-order valence-corrected chi connectivity index (χ0v) is 15.7. The van der Waals surface area contributed by atoms with Crippen molar-refractivity contribution in [3.63, 3.8) is 0 Å². The van der Waals surface area contributed by atoms with E-state index in [1.807, 2.05) is 48.9 Å². The standard InChI is InChI=1S/C22H22FN3O/c1-16-21(17(2)26(24-16)20-7-5-4-6-8-20)13-14-22(27)25(3)15-18-9-11-19(23)12-10-18/h4-14H,15H2,1-3H3. The molecular weight excluding hydrogens is 341 g/mol. The van der Waals surface area contributed by atoms with Gasteiger partial charge in [-0.15, -0.1) is 0 Å². The minimum atomic E-state index is -0.283.